The molecular formula is C26H19NOS. The molecule has 2 heterocycles. The molecule has 0 radical (unpaired) electrons. The smallest absolute Gasteiger partial charge is 0.143 e. The monoisotopic (exact) mass is 393 g/mol. The molecule has 0 N–H and O–H groups in total. The topological polar surface area (TPSA) is 16.4 Å². The zero-order valence-corrected chi connectivity index (χ0v) is 16.5. The Morgan fingerprint density at radius 2 is 1.10 bits per heavy atom. The molecule has 0 saturated carbocycles. The Morgan fingerprint density at radius 1 is 0.517 bits per heavy atom. The van der Waals surface area contributed by atoms with Crippen molar-refractivity contribution >= 4 is 28.4 Å². The number of rotatable bonds is 5. The second-order valence-corrected chi connectivity index (χ2v) is 7.78. The average Bonchev–Trinajstić information content (AvgIpc) is 3.48. The number of para-hydroxylation sites is 2. The van der Waals surface area contributed by atoms with Crippen LogP contribution < -0.4 is 4.90 Å². The molecule has 0 aliphatic heterocycles. The van der Waals surface area contributed by atoms with Crippen LogP contribution in [-0.4, -0.2) is 0 Å². The number of hydrogen-bond acceptors (Lipinski definition) is 3. The number of thiophene rings is 1. The number of hydrogen-bond donors (Lipinski definition) is 0. The minimum atomic E-state index is 0.914. The average molecular weight is 394 g/mol. The van der Waals surface area contributed by atoms with Gasteiger partial charge in [0.05, 0.1) is 11.1 Å². The lowest BCUT2D eigenvalue weighted by atomic mass is 10.1. The molecular weight excluding hydrogens is 374 g/mol. The van der Waals surface area contributed by atoms with Gasteiger partial charge >= 0.3 is 0 Å². The highest BCUT2D eigenvalue weighted by atomic mass is 32.1. The first-order valence-electron chi connectivity index (χ1n) is 9.53. The van der Waals surface area contributed by atoms with Gasteiger partial charge in [0, 0.05) is 21.9 Å². The van der Waals surface area contributed by atoms with Crippen molar-refractivity contribution in [3.8, 4) is 21.1 Å². The van der Waals surface area contributed by atoms with Crippen LogP contribution in [0.1, 0.15) is 0 Å². The van der Waals surface area contributed by atoms with Crippen molar-refractivity contribution in [3.63, 3.8) is 0 Å². The van der Waals surface area contributed by atoms with Crippen LogP contribution in [0.4, 0.5) is 17.1 Å². The predicted molar refractivity (Wildman–Crippen MR) is 122 cm³/mol. The fourth-order valence-corrected chi connectivity index (χ4v) is 4.40. The van der Waals surface area contributed by atoms with Crippen molar-refractivity contribution in [1.82, 2.24) is 0 Å². The van der Waals surface area contributed by atoms with Crippen LogP contribution in [0.15, 0.2) is 120 Å². The fourth-order valence-electron chi connectivity index (χ4n) is 3.42. The van der Waals surface area contributed by atoms with Gasteiger partial charge in [0.2, 0.25) is 0 Å². The number of nitrogens with zero attached hydrogens (tertiary/aromatic N) is 1. The highest BCUT2D eigenvalue weighted by molar-refractivity contribution is 7.18. The Labute approximate surface area is 174 Å². The molecule has 2 nitrogen and oxygen atoms in total. The van der Waals surface area contributed by atoms with E-state index >= 15 is 0 Å². The molecule has 3 heteroatoms. The van der Waals surface area contributed by atoms with Gasteiger partial charge in [-0.2, -0.15) is 0 Å². The molecule has 140 valence electrons. The largest absolute Gasteiger partial charge is 0.464 e. The Bertz CT molecular complexity index is 1140. The van der Waals surface area contributed by atoms with Crippen LogP contribution in [0.5, 0.6) is 0 Å². The molecule has 0 saturated heterocycles. The third-order valence-electron chi connectivity index (χ3n) is 4.81. The van der Waals surface area contributed by atoms with Gasteiger partial charge in [0.1, 0.15) is 5.76 Å². The van der Waals surface area contributed by atoms with Gasteiger partial charge in [0.25, 0.3) is 0 Å². The quantitative estimate of drug-likeness (QED) is 0.299. The van der Waals surface area contributed by atoms with Gasteiger partial charge in [-0.15, -0.1) is 11.3 Å². The minimum absolute atomic E-state index is 0.914. The highest BCUT2D eigenvalue weighted by Crippen LogP contribution is 2.38. The van der Waals surface area contributed by atoms with Crippen LogP contribution in [0.3, 0.4) is 0 Å². The van der Waals surface area contributed by atoms with Gasteiger partial charge < -0.3 is 9.32 Å². The summed E-state index contributed by atoms with van der Waals surface area (Å²) >= 11 is 1.74. The van der Waals surface area contributed by atoms with Gasteiger partial charge in [-0.25, -0.2) is 0 Å². The number of furan rings is 1. The molecule has 0 bridgehead atoms. The molecule has 2 aromatic heterocycles. The Kier molecular flexibility index (Phi) is 4.73. The standard InChI is InChI=1S/C26H19NOS/c1-3-8-21(9-4-1)27(22-10-5-2-6-11-22)23-15-13-20(14-16-23)25-17-18-26(29-25)24-12-7-19-28-24/h1-19H. The minimum Gasteiger partial charge on any atom is -0.464 e. The first-order chi connectivity index (χ1) is 14.4. The van der Waals surface area contributed by atoms with Crippen LogP contribution in [-0.2, 0) is 0 Å². The second-order valence-electron chi connectivity index (χ2n) is 6.69. The van der Waals surface area contributed by atoms with E-state index in [9.17, 15) is 0 Å². The van der Waals surface area contributed by atoms with E-state index in [2.05, 4.69) is 89.8 Å². The lowest BCUT2D eigenvalue weighted by molar-refractivity contribution is 0.584. The van der Waals surface area contributed by atoms with Crippen molar-refractivity contribution in [3.05, 3.63) is 115 Å². The third-order valence-corrected chi connectivity index (χ3v) is 5.96. The summed E-state index contributed by atoms with van der Waals surface area (Å²) in [5.41, 5.74) is 4.62. The molecule has 0 aliphatic rings. The molecule has 29 heavy (non-hydrogen) atoms. The maximum Gasteiger partial charge on any atom is 0.143 e. The van der Waals surface area contributed by atoms with Gasteiger partial charge in [-0.1, -0.05) is 48.5 Å². The zero-order chi connectivity index (χ0) is 19.5. The first-order valence-corrected chi connectivity index (χ1v) is 10.3. The summed E-state index contributed by atoms with van der Waals surface area (Å²) in [5, 5.41) is 0. The summed E-state index contributed by atoms with van der Waals surface area (Å²) in [6, 6.07) is 37.8. The summed E-state index contributed by atoms with van der Waals surface area (Å²) in [4.78, 5) is 4.64. The van der Waals surface area contributed by atoms with E-state index in [1.54, 1.807) is 17.6 Å². The summed E-state index contributed by atoms with van der Waals surface area (Å²) in [6.07, 6.45) is 1.71. The van der Waals surface area contributed by atoms with Gasteiger partial charge in [-0.3, -0.25) is 0 Å². The van der Waals surface area contributed by atoms with E-state index in [1.165, 1.54) is 10.4 Å². The second kappa shape index (κ2) is 7.82. The van der Waals surface area contributed by atoms with E-state index in [4.69, 9.17) is 4.42 Å². The highest BCUT2D eigenvalue weighted by Gasteiger charge is 2.12. The molecule has 0 spiro atoms. The molecule has 3 aromatic carbocycles. The van der Waals surface area contributed by atoms with E-state index in [1.807, 2.05) is 24.3 Å². The van der Waals surface area contributed by atoms with Crippen LogP contribution in [0.25, 0.3) is 21.1 Å². The van der Waals surface area contributed by atoms with Crippen LogP contribution in [0.2, 0.25) is 0 Å². The SMILES string of the molecule is c1ccc(N(c2ccccc2)c2ccc(-c3ccc(-c4ccco4)s3)cc2)cc1. The van der Waals surface area contributed by atoms with E-state index < -0.39 is 0 Å². The van der Waals surface area contributed by atoms with Crippen molar-refractivity contribution in [2.75, 3.05) is 4.90 Å². The van der Waals surface area contributed by atoms with Crippen molar-refractivity contribution < 1.29 is 4.42 Å². The lowest BCUT2D eigenvalue weighted by Gasteiger charge is -2.25. The van der Waals surface area contributed by atoms with Gasteiger partial charge in [0.15, 0.2) is 0 Å². The maximum absolute atomic E-state index is 5.52. The summed E-state index contributed by atoms with van der Waals surface area (Å²) in [7, 11) is 0. The number of anilines is 3. The molecule has 5 aromatic rings. The van der Waals surface area contributed by atoms with E-state index in [0.717, 1.165) is 27.7 Å². The predicted octanol–water partition coefficient (Wildman–Crippen LogP) is 8.14. The van der Waals surface area contributed by atoms with Gasteiger partial charge in [-0.05, 0) is 66.2 Å². The molecule has 5 rings (SSSR count). The molecule has 0 fully saturated rings. The van der Waals surface area contributed by atoms with Crippen LogP contribution >= 0.6 is 11.3 Å². The zero-order valence-electron chi connectivity index (χ0n) is 15.7. The number of benzene rings is 3. The lowest BCUT2D eigenvalue weighted by Crippen LogP contribution is -2.09. The molecule has 0 atom stereocenters. The van der Waals surface area contributed by atoms with Crippen molar-refractivity contribution in [1.29, 1.82) is 0 Å². The molecule has 0 amide bonds. The third kappa shape index (κ3) is 3.60. The fraction of sp³-hybridized carbons (Fsp3) is 0. The summed E-state index contributed by atoms with van der Waals surface area (Å²) in [6.45, 7) is 0. The Balaban J connectivity index is 1.49. The molecule has 0 unspecified atom stereocenters. The van der Waals surface area contributed by atoms with Crippen LogP contribution in [0, 0.1) is 0 Å². The van der Waals surface area contributed by atoms with Crippen molar-refractivity contribution in [2.45, 2.75) is 0 Å². The normalized spacial score (nSPS) is 10.8. The Hall–Kier alpha value is -3.56. The summed E-state index contributed by atoms with van der Waals surface area (Å²) in [5.74, 6) is 0.914. The maximum atomic E-state index is 5.52. The van der Waals surface area contributed by atoms with Crippen molar-refractivity contribution in [2.24, 2.45) is 0 Å². The Morgan fingerprint density at radius 3 is 1.69 bits per heavy atom. The summed E-state index contributed by atoms with van der Waals surface area (Å²) < 4.78 is 5.52. The van der Waals surface area contributed by atoms with E-state index in [-0.39, 0.29) is 0 Å². The first kappa shape index (κ1) is 17.5. The van der Waals surface area contributed by atoms with E-state index in [0.29, 0.717) is 0 Å². The molecule has 0 aliphatic carbocycles.